The molecule has 0 amide bonds. The highest BCUT2D eigenvalue weighted by Crippen LogP contribution is 2.34. The summed E-state index contributed by atoms with van der Waals surface area (Å²) in [6.07, 6.45) is 4.97. The molecule has 0 aliphatic heterocycles. The van der Waals surface area contributed by atoms with E-state index in [1.807, 2.05) is 73.1 Å². The van der Waals surface area contributed by atoms with Crippen LogP contribution in [0.15, 0.2) is 94.5 Å². The lowest BCUT2D eigenvalue weighted by molar-refractivity contribution is 0.276. The van der Waals surface area contributed by atoms with Gasteiger partial charge in [0.1, 0.15) is 5.82 Å². The second-order valence-corrected chi connectivity index (χ2v) is 9.82. The lowest BCUT2D eigenvalue weighted by Crippen LogP contribution is -2.15. The van der Waals surface area contributed by atoms with Gasteiger partial charge in [-0.25, -0.2) is 4.98 Å². The number of aliphatic hydroxyl groups is 1. The monoisotopic (exact) mass is 548 g/mol. The number of aliphatic hydroxyl groups excluding tert-OH is 1. The molecule has 2 aromatic carbocycles. The van der Waals surface area contributed by atoms with Gasteiger partial charge >= 0.3 is 0 Å². The Balaban J connectivity index is 1.38. The molecule has 6 rings (SSSR count). The number of fused-ring (bicyclic) bond motifs is 1. The van der Waals surface area contributed by atoms with E-state index in [1.54, 1.807) is 30.7 Å². The second kappa shape index (κ2) is 11.1. The quantitative estimate of drug-likeness (QED) is 0.189. The molecular weight excluding hydrogens is 520 g/mol. The molecule has 6 aromatic rings. The Morgan fingerprint density at radius 1 is 1.00 bits per heavy atom. The van der Waals surface area contributed by atoms with Crippen molar-refractivity contribution >= 4 is 28.1 Å². The molecular formula is C30H28N8O3. The molecule has 206 valence electrons. The third-order valence-electron chi connectivity index (χ3n) is 6.69. The first-order valence-corrected chi connectivity index (χ1v) is 13.2. The van der Waals surface area contributed by atoms with Crippen LogP contribution in [0.4, 0.5) is 17.2 Å². The number of aromatic nitrogens is 6. The van der Waals surface area contributed by atoms with Crippen LogP contribution in [0.5, 0.6) is 0 Å². The van der Waals surface area contributed by atoms with Gasteiger partial charge in [-0.1, -0.05) is 30.3 Å². The number of pyridine rings is 2. The van der Waals surface area contributed by atoms with Gasteiger partial charge in [-0.05, 0) is 49.7 Å². The fourth-order valence-corrected chi connectivity index (χ4v) is 4.64. The lowest BCUT2D eigenvalue weighted by Gasteiger charge is -2.20. The highest BCUT2D eigenvalue weighted by molar-refractivity contribution is 5.84. The van der Waals surface area contributed by atoms with Crippen molar-refractivity contribution in [2.75, 3.05) is 17.2 Å². The fourth-order valence-electron chi connectivity index (χ4n) is 4.64. The average Bonchev–Trinajstić information content (AvgIpc) is 3.62. The molecule has 11 nitrogen and oxygen atoms in total. The molecule has 0 bridgehead atoms. The molecule has 11 heteroatoms. The van der Waals surface area contributed by atoms with Crippen LogP contribution in [-0.2, 0) is 0 Å². The number of nitrogens with zero attached hydrogens (tertiary/aromatic N) is 5. The van der Waals surface area contributed by atoms with Gasteiger partial charge in [0.05, 0.1) is 40.4 Å². The first kappa shape index (κ1) is 26.0. The standard InChI is InChI=1S/C30H28N8O3/c1-18(2)38-26-13-21(10-11-22(26)28(40)37-38)33-27-14-24(34-25(17-39)19-7-4-3-5-8-19)23(16-32-27)30-36-35-29(41-30)20-9-6-12-31-15-20/h3-16,18,25,39H,17H2,1-2H3,(H,37,40)(H2,32,33,34)/t25-/m1/s1. The minimum Gasteiger partial charge on any atom is -0.416 e. The van der Waals surface area contributed by atoms with Crippen LogP contribution in [0.25, 0.3) is 33.8 Å². The summed E-state index contributed by atoms with van der Waals surface area (Å²) in [5.41, 5.74) is 4.24. The van der Waals surface area contributed by atoms with Crippen LogP contribution < -0.4 is 16.2 Å². The van der Waals surface area contributed by atoms with Gasteiger partial charge in [0.2, 0.25) is 5.89 Å². The van der Waals surface area contributed by atoms with Crippen molar-refractivity contribution < 1.29 is 9.52 Å². The summed E-state index contributed by atoms with van der Waals surface area (Å²) in [6.45, 7) is 3.88. The maximum absolute atomic E-state index is 12.4. The van der Waals surface area contributed by atoms with Crippen LogP contribution in [0.3, 0.4) is 0 Å². The molecule has 0 saturated heterocycles. The first-order chi connectivity index (χ1) is 20.0. The molecule has 4 heterocycles. The number of aromatic amines is 1. The maximum atomic E-state index is 12.4. The summed E-state index contributed by atoms with van der Waals surface area (Å²) >= 11 is 0. The zero-order valence-electron chi connectivity index (χ0n) is 22.4. The van der Waals surface area contributed by atoms with Crippen molar-refractivity contribution in [3.05, 3.63) is 101 Å². The molecule has 0 aliphatic carbocycles. The van der Waals surface area contributed by atoms with Crippen LogP contribution in [0.1, 0.15) is 31.5 Å². The van der Waals surface area contributed by atoms with Crippen LogP contribution in [-0.4, -0.2) is 41.7 Å². The van der Waals surface area contributed by atoms with E-state index in [2.05, 4.69) is 35.9 Å². The number of H-pyrrole nitrogens is 1. The molecule has 0 spiro atoms. The third kappa shape index (κ3) is 5.30. The van der Waals surface area contributed by atoms with Crippen molar-refractivity contribution in [3.63, 3.8) is 0 Å². The number of benzene rings is 2. The summed E-state index contributed by atoms with van der Waals surface area (Å²) < 4.78 is 7.84. The highest BCUT2D eigenvalue weighted by atomic mass is 16.4. The molecule has 4 aromatic heterocycles. The Hall–Kier alpha value is -5.29. The highest BCUT2D eigenvalue weighted by Gasteiger charge is 2.19. The van der Waals surface area contributed by atoms with Gasteiger partial charge in [-0.2, -0.15) is 0 Å². The zero-order valence-corrected chi connectivity index (χ0v) is 22.4. The second-order valence-electron chi connectivity index (χ2n) is 9.82. The van der Waals surface area contributed by atoms with Gasteiger partial charge in [0.25, 0.3) is 11.4 Å². The van der Waals surface area contributed by atoms with E-state index in [4.69, 9.17) is 4.42 Å². The molecule has 0 fully saturated rings. The average molecular weight is 549 g/mol. The van der Waals surface area contributed by atoms with Gasteiger partial charge in [-0.15, -0.1) is 10.2 Å². The smallest absolute Gasteiger partial charge is 0.271 e. The van der Waals surface area contributed by atoms with Gasteiger partial charge < -0.3 is 20.2 Å². The minimum absolute atomic E-state index is 0.0861. The van der Waals surface area contributed by atoms with E-state index >= 15 is 0 Å². The molecule has 0 aliphatic rings. The Morgan fingerprint density at radius 3 is 2.59 bits per heavy atom. The van der Waals surface area contributed by atoms with E-state index < -0.39 is 6.04 Å². The fraction of sp³-hybridized carbons (Fsp3) is 0.167. The number of hydrogen-bond donors (Lipinski definition) is 4. The third-order valence-corrected chi connectivity index (χ3v) is 6.69. The van der Waals surface area contributed by atoms with Gasteiger partial charge in [-0.3, -0.25) is 19.6 Å². The topological polar surface area (TPSA) is 147 Å². The Morgan fingerprint density at radius 2 is 1.83 bits per heavy atom. The van der Waals surface area contributed by atoms with Crippen molar-refractivity contribution in [2.45, 2.75) is 25.9 Å². The molecule has 0 radical (unpaired) electrons. The van der Waals surface area contributed by atoms with Crippen LogP contribution in [0, 0.1) is 0 Å². The molecule has 0 unspecified atom stereocenters. The largest absolute Gasteiger partial charge is 0.416 e. The van der Waals surface area contributed by atoms with Crippen molar-refractivity contribution in [2.24, 2.45) is 0 Å². The molecule has 0 saturated carbocycles. The summed E-state index contributed by atoms with van der Waals surface area (Å²) in [5, 5.41) is 29.0. The predicted molar refractivity (Wildman–Crippen MR) is 157 cm³/mol. The zero-order chi connectivity index (χ0) is 28.3. The summed E-state index contributed by atoms with van der Waals surface area (Å²) in [4.78, 5) is 21.1. The molecule has 1 atom stereocenters. The SMILES string of the molecule is CC(C)n1[nH]c(=O)c2ccc(Nc3cc(N[C@H](CO)c4ccccc4)c(-c4nnc(-c5cccnc5)o4)cn3)cc21. The van der Waals surface area contributed by atoms with E-state index in [0.29, 0.717) is 33.9 Å². The Bertz CT molecular complexity index is 1840. The van der Waals surface area contributed by atoms with E-state index in [0.717, 1.165) is 16.8 Å². The Kier molecular flexibility index (Phi) is 7.00. The summed E-state index contributed by atoms with van der Waals surface area (Å²) in [7, 11) is 0. The number of nitrogens with one attached hydrogen (secondary N) is 3. The number of anilines is 3. The lowest BCUT2D eigenvalue weighted by atomic mass is 10.1. The minimum atomic E-state index is -0.400. The van der Waals surface area contributed by atoms with E-state index in [9.17, 15) is 9.90 Å². The normalized spacial score (nSPS) is 12.1. The van der Waals surface area contributed by atoms with Gasteiger partial charge in [0, 0.05) is 36.4 Å². The number of hydrogen-bond acceptors (Lipinski definition) is 9. The molecule has 41 heavy (non-hydrogen) atoms. The van der Waals surface area contributed by atoms with Gasteiger partial charge in [0.15, 0.2) is 0 Å². The number of rotatable bonds is 9. The summed E-state index contributed by atoms with van der Waals surface area (Å²) in [5.74, 6) is 1.14. The predicted octanol–water partition coefficient (Wildman–Crippen LogP) is 5.31. The van der Waals surface area contributed by atoms with Crippen molar-refractivity contribution in [1.82, 2.24) is 29.9 Å². The summed E-state index contributed by atoms with van der Waals surface area (Å²) in [6, 6.07) is 20.3. The van der Waals surface area contributed by atoms with Crippen LogP contribution in [0.2, 0.25) is 0 Å². The molecule has 4 N–H and O–H groups in total. The first-order valence-electron chi connectivity index (χ1n) is 13.2. The van der Waals surface area contributed by atoms with Crippen molar-refractivity contribution in [1.29, 1.82) is 0 Å². The van der Waals surface area contributed by atoms with E-state index in [1.165, 1.54) is 0 Å². The Labute approximate surface area is 234 Å². The maximum Gasteiger partial charge on any atom is 0.271 e. The van der Waals surface area contributed by atoms with E-state index in [-0.39, 0.29) is 24.1 Å². The van der Waals surface area contributed by atoms with Crippen molar-refractivity contribution in [3.8, 4) is 22.9 Å². The van der Waals surface area contributed by atoms with Crippen LogP contribution >= 0.6 is 0 Å².